The van der Waals surface area contributed by atoms with Crippen LogP contribution >= 0.6 is 24.0 Å². The molecule has 2 rings (SSSR count). The minimum absolute atomic E-state index is 0. The highest BCUT2D eigenvalue weighted by Gasteiger charge is 2.05. The van der Waals surface area contributed by atoms with Crippen molar-refractivity contribution in [2.75, 3.05) is 20.4 Å². The molecular formula is C19H26IN3O3S. The monoisotopic (exact) mass is 503 g/mol. The van der Waals surface area contributed by atoms with Crippen molar-refractivity contribution in [1.82, 2.24) is 10.6 Å². The summed E-state index contributed by atoms with van der Waals surface area (Å²) in [7, 11) is 0.353. The molecular weight excluding hydrogens is 477 g/mol. The van der Waals surface area contributed by atoms with Crippen LogP contribution in [0.3, 0.4) is 0 Å². The van der Waals surface area contributed by atoms with E-state index in [9.17, 15) is 8.42 Å². The minimum atomic E-state index is -3.01. The fraction of sp³-hybridized carbons (Fsp3) is 0.316. The van der Waals surface area contributed by atoms with E-state index in [0.717, 1.165) is 22.4 Å². The normalized spacial score (nSPS) is 11.4. The quantitative estimate of drug-likeness (QED) is 0.345. The molecule has 0 fully saturated rings. The summed E-state index contributed by atoms with van der Waals surface area (Å²) in [6.07, 6.45) is 1.24. The summed E-state index contributed by atoms with van der Waals surface area (Å²) in [6.45, 7) is 1.22. The molecule has 0 spiro atoms. The number of benzene rings is 2. The van der Waals surface area contributed by atoms with Gasteiger partial charge in [0.05, 0.1) is 12.9 Å². The number of nitrogens with zero attached hydrogens (tertiary/aromatic N) is 1. The molecule has 0 saturated heterocycles. The van der Waals surface area contributed by atoms with Crippen molar-refractivity contribution in [3.63, 3.8) is 0 Å². The maximum absolute atomic E-state index is 11.3. The molecule has 0 unspecified atom stereocenters. The number of halogens is 1. The van der Waals surface area contributed by atoms with Gasteiger partial charge < -0.3 is 15.4 Å². The van der Waals surface area contributed by atoms with Crippen LogP contribution in [0.5, 0.6) is 5.75 Å². The van der Waals surface area contributed by atoms with Crippen molar-refractivity contribution in [2.45, 2.75) is 18.8 Å². The highest BCUT2D eigenvalue weighted by atomic mass is 127. The number of nitrogens with one attached hydrogen (secondary N) is 2. The first-order valence-electron chi connectivity index (χ1n) is 8.22. The van der Waals surface area contributed by atoms with Crippen molar-refractivity contribution < 1.29 is 13.2 Å². The molecule has 0 atom stereocenters. The Labute approximate surface area is 178 Å². The van der Waals surface area contributed by atoms with E-state index in [4.69, 9.17) is 4.74 Å². The first-order valence-corrected chi connectivity index (χ1v) is 10.3. The van der Waals surface area contributed by atoms with Gasteiger partial charge >= 0.3 is 0 Å². The van der Waals surface area contributed by atoms with Crippen LogP contribution in [-0.2, 0) is 28.7 Å². The van der Waals surface area contributed by atoms with E-state index < -0.39 is 9.84 Å². The maximum atomic E-state index is 11.3. The third kappa shape index (κ3) is 8.61. The fourth-order valence-corrected chi connectivity index (χ4v) is 3.23. The van der Waals surface area contributed by atoms with Crippen LogP contribution in [0.4, 0.5) is 0 Å². The molecule has 2 aromatic carbocycles. The lowest BCUT2D eigenvalue weighted by Crippen LogP contribution is -2.36. The van der Waals surface area contributed by atoms with Gasteiger partial charge in [0.2, 0.25) is 0 Å². The summed E-state index contributed by atoms with van der Waals surface area (Å²) in [5, 5.41) is 6.50. The summed E-state index contributed by atoms with van der Waals surface area (Å²) >= 11 is 0. The van der Waals surface area contributed by atoms with Crippen LogP contribution in [0.1, 0.15) is 16.7 Å². The van der Waals surface area contributed by atoms with Crippen molar-refractivity contribution in [3.05, 3.63) is 65.2 Å². The average Bonchev–Trinajstić information content (AvgIpc) is 2.62. The van der Waals surface area contributed by atoms with Gasteiger partial charge in [-0.2, -0.15) is 0 Å². The zero-order valence-electron chi connectivity index (χ0n) is 15.7. The Kier molecular flexibility index (Phi) is 9.57. The lowest BCUT2D eigenvalue weighted by Gasteiger charge is -2.13. The molecule has 2 N–H and O–H groups in total. The summed E-state index contributed by atoms with van der Waals surface area (Å²) in [4.78, 5) is 4.21. The molecule has 0 amide bonds. The highest BCUT2D eigenvalue weighted by molar-refractivity contribution is 14.0. The first kappa shape index (κ1) is 23.2. The molecule has 27 heavy (non-hydrogen) atoms. The van der Waals surface area contributed by atoms with E-state index in [2.05, 4.69) is 15.6 Å². The van der Waals surface area contributed by atoms with Crippen molar-refractivity contribution in [2.24, 2.45) is 4.99 Å². The topological polar surface area (TPSA) is 79.8 Å². The van der Waals surface area contributed by atoms with Gasteiger partial charge in [-0.1, -0.05) is 36.4 Å². The Balaban J connectivity index is 0.00000364. The van der Waals surface area contributed by atoms with Gasteiger partial charge in [-0.3, -0.25) is 4.99 Å². The Morgan fingerprint density at radius 3 is 2.15 bits per heavy atom. The van der Waals surface area contributed by atoms with E-state index in [-0.39, 0.29) is 29.7 Å². The van der Waals surface area contributed by atoms with E-state index in [1.165, 1.54) is 6.26 Å². The number of methoxy groups -OCH3 is 1. The van der Waals surface area contributed by atoms with Gasteiger partial charge in [0, 0.05) is 26.4 Å². The summed E-state index contributed by atoms with van der Waals surface area (Å²) in [5.74, 6) is 1.57. The summed E-state index contributed by atoms with van der Waals surface area (Å²) in [6, 6.07) is 15.4. The van der Waals surface area contributed by atoms with E-state index in [1.54, 1.807) is 14.2 Å². The molecule has 2 aromatic rings. The van der Waals surface area contributed by atoms with Crippen LogP contribution in [0, 0.1) is 0 Å². The molecule has 0 bridgehead atoms. The maximum Gasteiger partial charge on any atom is 0.191 e. The zero-order chi connectivity index (χ0) is 19.0. The minimum Gasteiger partial charge on any atom is -0.497 e. The molecule has 0 saturated carbocycles. The van der Waals surface area contributed by atoms with Gasteiger partial charge in [0.25, 0.3) is 0 Å². The predicted molar refractivity (Wildman–Crippen MR) is 120 cm³/mol. The Morgan fingerprint density at radius 1 is 1.00 bits per heavy atom. The number of sulfone groups is 1. The number of hydrogen-bond donors (Lipinski definition) is 2. The molecule has 0 aliphatic carbocycles. The summed E-state index contributed by atoms with van der Waals surface area (Å²) < 4.78 is 27.9. The molecule has 0 radical (unpaired) electrons. The number of aliphatic imine (C=N–C) groups is 1. The third-order valence-electron chi connectivity index (χ3n) is 3.73. The van der Waals surface area contributed by atoms with Gasteiger partial charge in [0.15, 0.2) is 15.8 Å². The van der Waals surface area contributed by atoms with Crippen molar-refractivity contribution in [1.29, 1.82) is 0 Å². The predicted octanol–water partition coefficient (Wildman–Crippen LogP) is 2.72. The molecule has 8 heteroatoms. The number of rotatable bonds is 7. The van der Waals surface area contributed by atoms with Gasteiger partial charge in [-0.05, 0) is 28.8 Å². The number of ether oxygens (including phenoxy) is 1. The molecule has 6 nitrogen and oxygen atoms in total. The molecule has 0 aliphatic heterocycles. The van der Waals surface area contributed by atoms with Crippen molar-refractivity contribution >= 4 is 39.8 Å². The number of hydrogen-bond acceptors (Lipinski definition) is 4. The summed E-state index contributed by atoms with van der Waals surface area (Å²) in [5.41, 5.74) is 2.93. The second kappa shape index (κ2) is 11.1. The van der Waals surface area contributed by atoms with Crippen LogP contribution in [0.2, 0.25) is 0 Å². The number of guanidine groups is 1. The molecule has 0 aromatic heterocycles. The highest BCUT2D eigenvalue weighted by Crippen LogP contribution is 2.12. The lowest BCUT2D eigenvalue weighted by atomic mass is 10.1. The van der Waals surface area contributed by atoms with E-state index >= 15 is 0 Å². The smallest absolute Gasteiger partial charge is 0.191 e. The average molecular weight is 503 g/mol. The van der Waals surface area contributed by atoms with Crippen LogP contribution < -0.4 is 15.4 Å². The molecule has 0 aliphatic rings. The SMILES string of the molecule is CN=C(NCc1ccc(CS(C)(=O)=O)cc1)NCc1cccc(OC)c1.I. The first-order chi connectivity index (χ1) is 12.4. The van der Waals surface area contributed by atoms with Gasteiger partial charge in [0.1, 0.15) is 5.75 Å². The second-order valence-electron chi connectivity index (χ2n) is 6.02. The van der Waals surface area contributed by atoms with Gasteiger partial charge in [-0.15, -0.1) is 24.0 Å². The van der Waals surface area contributed by atoms with Crippen LogP contribution in [0.15, 0.2) is 53.5 Å². The molecule has 148 valence electrons. The zero-order valence-corrected chi connectivity index (χ0v) is 18.9. The Morgan fingerprint density at radius 2 is 1.59 bits per heavy atom. The van der Waals surface area contributed by atoms with E-state index in [0.29, 0.717) is 19.0 Å². The van der Waals surface area contributed by atoms with Crippen LogP contribution in [0.25, 0.3) is 0 Å². The second-order valence-corrected chi connectivity index (χ2v) is 8.16. The lowest BCUT2D eigenvalue weighted by molar-refractivity contribution is 0.414. The third-order valence-corrected chi connectivity index (χ3v) is 4.59. The standard InChI is InChI=1S/C19H25N3O3S.HI/c1-20-19(22-13-17-5-4-6-18(11-17)25-2)21-12-15-7-9-16(10-8-15)14-26(3,23)24;/h4-11H,12-14H2,1-3H3,(H2,20,21,22);1H. The fourth-order valence-electron chi connectivity index (χ4n) is 2.43. The Bertz CT molecular complexity index is 853. The van der Waals surface area contributed by atoms with Gasteiger partial charge in [-0.25, -0.2) is 8.42 Å². The Hall–Kier alpha value is -1.81. The van der Waals surface area contributed by atoms with E-state index in [1.807, 2.05) is 48.5 Å². The molecule has 0 heterocycles. The largest absolute Gasteiger partial charge is 0.497 e. The van der Waals surface area contributed by atoms with Crippen LogP contribution in [-0.4, -0.2) is 34.8 Å². The van der Waals surface area contributed by atoms with Crippen molar-refractivity contribution in [3.8, 4) is 5.75 Å².